The predicted molar refractivity (Wildman–Crippen MR) is 111 cm³/mol. The van der Waals surface area contributed by atoms with Gasteiger partial charge < -0.3 is 15.1 Å². The monoisotopic (exact) mass is 371 g/mol. The standard InChI is InChI=1S/C20H29N5S/c1-4-21-20(22-11-10-19-16(2)23-17(3)26-19)25-14-12-24(13-15-25)18-8-6-5-7-9-18/h5-9H,4,10-15H2,1-3H3,(H,21,22). The minimum Gasteiger partial charge on any atom is -0.368 e. The second kappa shape index (κ2) is 9.03. The van der Waals surface area contributed by atoms with E-state index < -0.39 is 0 Å². The van der Waals surface area contributed by atoms with Crippen molar-refractivity contribution in [1.82, 2.24) is 15.2 Å². The quantitative estimate of drug-likeness (QED) is 0.648. The summed E-state index contributed by atoms with van der Waals surface area (Å²) in [7, 11) is 0. The molecular weight excluding hydrogens is 342 g/mol. The molecule has 1 aliphatic heterocycles. The van der Waals surface area contributed by atoms with Crippen molar-refractivity contribution in [3.63, 3.8) is 0 Å². The fourth-order valence-corrected chi connectivity index (χ4v) is 4.24. The third-order valence-corrected chi connectivity index (χ3v) is 5.77. The lowest BCUT2D eigenvalue weighted by molar-refractivity contribution is 0.372. The summed E-state index contributed by atoms with van der Waals surface area (Å²) in [6.07, 6.45) is 0.968. The number of nitrogens with one attached hydrogen (secondary N) is 1. The highest BCUT2D eigenvalue weighted by Gasteiger charge is 2.19. The van der Waals surface area contributed by atoms with Crippen LogP contribution in [0.25, 0.3) is 0 Å². The highest BCUT2D eigenvalue weighted by molar-refractivity contribution is 7.11. The van der Waals surface area contributed by atoms with Gasteiger partial charge in [0.25, 0.3) is 0 Å². The van der Waals surface area contributed by atoms with Crippen LogP contribution in [-0.4, -0.2) is 55.1 Å². The molecule has 2 aromatic rings. The minimum atomic E-state index is 0.809. The van der Waals surface area contributed by atoms with Gasteiger partial charge in [-0.3, -0.25) is 4.99 Å². The third kappa shape index (κ3) is 4.75. The van der Waals surface area contributed by atoms with Crippen LogP contribution >= 0.6 is 11.3 Å². The van der Waals surface area contributed by atoms with Gasteiger partial charge in [0.1, 0.15) is 0 Å². The number of rotatable bonds is 5. The Morgan fingerprint density at radius 2 is 1.88 bits per heavy atom. The number of nitrogens with zero attached hydrogens (tertiary/aromatic N) is 4. The molecule has 1 aromatic carbocycles. The average Bonchev–Trinajstić information content (AvgIpc) is 2.99. The fourth-order valence-electron chi connectivity index (χ4n) is 3.31. The van der Waals surface area contributed by atoms with Crippen molar-refractivity contribution in [2.24, 2.45) is 4.99 Å². The van der Waals surface area contributed by atoms with Crippen LogP contribution in [0.3, 0.4) is 0 Å². The number of guanidine groups is 1. The molecule has 1 fully saturated rings. The van der Waals surface area contributed by atoms with E-state index in [1.807, 2.05) is 0 Å². The molecule has 0 atom stereocenters. The molecule has 0 spiro atoms. The molecule has 6 heteroatoms. The van der Waals surface area contributed by atoms with E-state index >= 15 is 0 Å². The number of aromatic nitrogens is 1. The second-order valence-corrected chi connectivity index (χ2v) is 7.82. The summed E-state index contributed by atoms with van der Waals surface area (Å²) in [6.45, 7) is 12.1. The molecule has 1 N–H and O–H groups in total. The van der Waals surface area contributed by atoms with E-state index in [-0.39, 0.29) is 0 Å². The Morgan fingerprint density at radius 1 is 1.15 bits per heavy atom. The van der Waals surface area contributed by atoms with Gasteiger partial charge in [0.15, 0.2) is 5.96 Å². The summed E-state index contributed by atoms with van der Waals surface area (Å²) < 4.78 is 0. The van der Waals surface area contributed by atoms with Crippen molar-refractivity contribution in [2.75, 3.05) is 44.2 Å². The van der Waals surface area contributed by atoms with Crippen molar-refractivity contribution in [3.8, 4) is 0 Å². The van der Waals surface area contributed by atoms with E-state index in [0.717, 1.165) is 62.4 Å². The van der Waals surface area contributed by atoms with Crippen molar-refractivity contribution in [1.29, 1.82) is 0 Å². The molecule has 0 unspecified atom stereocenters. The summed E-state index contributed by atoms with van der Waals surface area (Å²) in [5.41, 5.74) is 2.47. The number of hydrogen-bond donors (Lipinski definition) is 1. The van der Waals surface area contributed by atoms with Crippen molar-refractivity contribution >= 4 is 23.0 Å². The van der Waals surface area contributed by atoms with Gasteiger partial charge in [0.05, 0.1) is 10.7 Å². The smallest absolute Gasteiger partial charge is 0.194 e. The van der Waals surface area contributed by atoms with Crippen molar-refractivity contribution in [3.05, 3.63) is 45.9 Å². The second-order valence-electron chi connectivity index (χ2n) is 6.54. The topological polar surface area (TPSA) is 43.8 Å². The summed E-state index contributed by atoms with van der Waals surface area (Å²) in [5.74, 6) is 1.04. The van der Waals surface area contributed by atoms with Crippen LogP contribution in [0.5, 0.6) is 0 Å². The molecule has 0 amide bonds. The van der Waals surface area contributed by atoms with Gasteiger partial charge in [-0.1, -0.05) is 18.2 Å². The molecule has 0 radical (unpaired) electrons. The first-order chi connectivity index (χ1) is 12.7. The van der Waals surface area contributed by atoms with Gasteiger partial charge in [-0.2, -0.15) is 0 Å². The molecule has 0 bridgehead atoms. The van der Waals surface area contributed by atoms with Crippen LogP contribution in [0.4, 0.5) is 5.69 Å². The van der Waals surface area contributed by atoms with E-state index in [9.17, 15) is 0 Å². The molecule has 26 heavy (non-hydrogen) atoms. The van der Waals surface area contributed by atoms with Crippen molar-refractivity contribution < 1.29 is 0 Å². The Hall–Kier alpha value is -2.08. The fraction of sp³-hybridized carbons (Fsp3) is 0.500. The molecule has 2 heterocycles. The van der Waals surface area contributed by atoms with Crippen molar-refractivity contribution in [2.45, 2.75) is 27.2 Å². The lowest BCUT2D eigenvalue weighted by Crippen LogP contribution is -2.52. The molecular formula is C20H29N5S. The molecule has 5 nitrogen and oxygen atoms in total. The van der Waals surface area contributed by atoms with Gasteiger partial charge in [-0.25, -0.2) is 4.98 Å². The van der Waals surface area contributed by atoms with Crippen LogP contribution in [0, 0.1) is 13.8 Å². The molecule has 0 aliphatic carbocycles. The van der Waals surface area contributed by atoms with Crippen LogP contribution in [0.2, 0.25) is 0 Å². The maximum Gasteiger partial charge on any atom is 0.194 e. The first-order valence-corrected chi connectivity index (χ1v) is 10.2. The maximum absolute atomic E-state index is 4.87. The van der Waals surface area contributed by atoms with E-state index in [1.165, 1.54) is 10.6 Å². The zero-order valence-corrected chi connectivity index (χ0v) is 16.9. The molecule has 0 saturated carbocycles. The molecule has 1 saturated heterocycles. The predicted octanol–water partition coefficient (Wildman–Crippen LogP) is 3.09. The number of aryl methyl sites for hydroxylation is 2. The summed E-state index contributed by atoms with van der Waals surface area (Å²) in [6, 6.07) is 10.7. The largest absolute Gasteiger partial charge is 0.368 e. The van der Waals surface area contributed by atoms with Gasteiger partial charge >= 0.3 is 0 Å². The lowest BCUT2D eigenvalue weighted by Gasteiger charge is -2.37. The Morgan fingerprint density at radius 3 is 2.50 bits per heavy atom. The third-order valence-electron chi connectivity index (χ3n) is 4.64. The van der Waals surface area contributed by atoms with Gasteiger partial charge in [-0.05, 0) is 32.9 Å². The average molecular weight is 372 g/mol. The van der Waals surface area contributed by atoms with E-state index in [0.29, 0.717) is 0 Å². The van der Waals surface area contributed by atoms with Crippen LogP contribution in [0.1, 0.15) is 22.5 Å². The molecule has 1 aliphatic rings. The zero-order chi connectivity index (χ0) is 18.4. The zero-order valence-electron chi connectivity index (χ0n) is 16.0. The number of piperazine rings is 1. The Labute approximate surface area is 160 Å². The van der Waals surface area contributed by atoms with Crippen LogP contribution in [-0.2, 0) is 6.42 Å². The number of para-hydroxylation sites is 1. The highest BCUT2D eigenvalue weighted by atomic mass is 32.1. The number of thiazole rings is 1. The Bertz CT molecular complexity index is 717. The van der Waals surface area contributed by atoms with Gasteiger partial charge in [0, 0.05) is 56.3 Å². The summed E-state index contributed by atoms with van der Waals surface area (Å²) in [4.78, 5) is 15.6. The van der Waals surface area contributed by atoms with Gasteiger partial charge in [-0.15, -0.1) is 11.3 Å². The summed E-state index contributed by atoms with van der Waals surface area (Å²) in [5, 5.41) is 4.60. The molecule has 140 valence electrons. The van der Waals surface area contributed by atoms with Crippen LogP contribution in [0.15, 0.2) is 35.3 Å². The summed E-state index contributed by atoms with van der Waals surface area (Å²) >= 11 is 1.79. The number of hydrogen-bond acceptors (Lipinski definition) is 4. The molecule has 1 aromatic heterocycles. The van der Waals surface area contributed by atoms with E-state index in [1.54, 1.807) is 11.3 Å². The maximum atomic E-state index is 4.87. The number of benzene rings is 1. The lowest BCUT2D eigenvalue weighted by atomic mass is 10.2. The van der Waals surface area contributed by atoms with Crippen LogP contribution < -0.4 is 10.2 Å². The first kappa shape index (κ1) is 18.7. The normalized spacial score (nSPS) is 15.4. The molecule has 3 rings (SSSR count). The first-order valence-electron chi connectivity index (χ1n) is 9.43. The van der Waals surface area contributed by atoms with Gasteiger partial charge in [0.2, 0.25) is 0 Å². The SMILES string of the molecule is CCNC(=NCCc1sc(C)nc1C)N1CCN(c2ccccc2)CC1. The Balaban J connectivity index is 1.57. The Kier molecular flexibility index (Phi) is 6.50. The van der Waals surface area contributed by atoms with E-state index in [2.05, 4.69) is 71.2 Å². The highest BCUT2D eigenvalue weighted by Crippen LogP contribution is 2.18. The minimum absolute atomic E-state index is 0.809. The van der Waals surface area contributed by atoms with E-state index in [4.69, 9.17) is 4.99 Å². The number of anilines is 1. The number of aliphatic imine (C=N–C) groups is 1.